The van der Waals surface area contributed by atoms with Crippen molar-refractivity contribution >= 4 is 31.8 Å². The van der Waals surface area contributed by atoms with Crippen LogP contribution in [0.1, 0.15) is 0 Å². The molecule has 0 heterocycles. The van der Waals surface area contributed by atoms with Crippen LogP contribution in [0.25, 0.3) is 0 Å². The Morgan fingerprint density at radius 1 is 1.53 bits per heavy atom. The Labute approximate surface area is 96.4 Å². The van der Waals surface area contributed by atoms with Gasteiger partial charge >= 0.3 is 10.2 Å². The van der Waals surface area contributed by atoms with E-state index in [4.69, 9.17) is 0 Å². The van der Waals surface area contributed by atoms with Gasteiger partial charge in [0.1, 0.15) is 11.5 Å². The quantitative estimate of drug-likeness (QED) is 0.921. The van der Waals surface area contributed by atoms with E-state index in [2.05, 4.69) is 26.7 Å². The van der Waals surface area contributed by atoms with E-state index in [-0.39, 0.29) is 10.2 Å². The van der Waals surface area contributed by atoms with Gasteiger partial charge in [-0.1, -0.05) is 6.07 Å². The number of anilines is 1. The van der Waals surface area contributed by atoms with Gasteiger partial charge in [-0.15, -0.1) is 0 Å². The largest absolute Gasteiger partial charge is 0.301 e. The molecule has 7 heteroatoms. The second-order valence-corrected chi connectivity index (χ2v) is 5.58. The van der Waals surface area contributed by atoms with Gasteiger partial charge in [-0.25, -0.2) is 4.39 Å². The highest BCUT2D eigenvalue weighted by molar-refractivity contribution is 9.10. The predicted molar refractivity (Wildman–Crippen MR) is 59.2 cm³/mol. The summed E-state index contributed by atoms with van der Waals surface area (Å²) in [6.45, 7) is 0. The molecule has 0 fully saturated rings. The van der Waals surface area contributed by atoms with Crippen LogP contribution in [-0.4, -0.2) is 26.8 Å². The van der Waals surface area contributed by atoms with Crippen LogP contribution in [-0.2, 0) is 10.2 Å². The van der Waals surface area contributed by atoms with Crippen molar-refractivity contribution in [3.8, 4) is 0 Å². The van der Waals surface area contributed by atoms with Crippen LogP contribution in [0.3, 0.4) is 0 Å². The zero-order chi connectivity index (χ0) is 11.6. The summed E-state index contributed by atoms with van der Waals surface area (Å²) in [7, 11) is -1.01. The monoisotopic (exact) mass is 295 g/mol. The summed E-state index contributed by atoms with van der Waals surface area (Å²) in [4.78, 5) is 0. The fourth-order valence-corrected chi connectivity index (χ4v) is 1.95. The minimum atomic E-state index is -3.70. The van der Waals surface area contributed by atoms with Gasteiger partial charge in [0.15, 0.2) is 0 Å². The molecule has 83 valence electrons. The normalized spacial score (nSPS) is 11.8. The highest BCUT2D eigenvalue weighted by atomic mass is 79.9. The summed E-state index contributed by atoms with van der Waals surface area (Å²) in [5.74, 6) is -0.661. The fourth-order valence-electron chi connectivity index (χ4n) is 0.762. The van der Waals surface area contributed by atoms with Crippen LogP contribution < -0.4 is 4.72 Å². The summed E-state index contributed by atoms with van der Waals surface area (Å²) in [6, 6.07) is 5.11. The number of nitrogens with one attached hydrogen (secondary N) is 1. The van der Waals surface area contributed by atoms with Crippen LogP contribution in [0, 0.1) is 11.9 Å². The Morgan fingerprint density at radius 3 is 2.60 bits per heavy atom. The lowest BCUT2D eigenvalue weighted by Crippen LogP contribution is -2.29. The van der Waals surface area contributed by atoms with Gasteiger partial charge in [0.2, 0.25) is 0 Å². The molecule has 4 nitrogen and oxygen atoms in total. The highest BCUT2D eigenvalue weighted by Gasteiger charge is 2.17. The molecule has 0 aliphatic heterocycles. The van der Waals surface area contributed by atoms with E-state index in [1.807, 2.05) is 0 Å². The number of benzene rings is 1. The van der Waals surface area contributed by atoms with Crippen LogP contribution in [0.4, 0.5) is 10.1 Å². The molecule has 0 spiro atoms. The average molecular weight is 296 g/mol. The summed E-state index contributed by atoms with van der Waals surface area (Å²) < 4.78 is 39.4. The molecule has 1 aromatic carbocycles. The molecular weight excluding hydrogens is 287 g/mol. The molecule has 0 aliphatic rings. The van der Waals surface area contributed by atoms with Crippen molar-refractivity contribution in [3.63, 3.8) is 0 Å². The second kappa shape index (κ2) is 4.46. The predicted octanol–water partition coefficient (Wildman–Crippen LogP) is 1.61. The summed E-state index contributed by atoms with van der Waals surface area (Å²) in [6.07, 6.45) is 0. The first-order chi connectivity index (χ1) is 6.84. The number of rotatable bonds is 3. The first-order valence-electron chi connectivity index (χ1n) is 3.90. The maximum absolute atomic E-state index is 13.2. The van der Waals surface area contributed by atoms with Gasteiger partial charge in [-0.2, -0.15) is 12.7 Å². The molecule has 1 radical (unpaired) electrons. The summed E-state index contributed by atoms with van der Waals surface area (Å²) in [5, 5.41) is 0. The van der Waals surface area contributed by atoms with Crippen molar-refractivity contribution in [1.82, 2.24) is 4.31 Å². The molecule has 0 aliphatic carbocycles. The third kappa shape index (κ3) is 2.90. The van der Waals surface area contributed by atoms with Gasteiger partial charge in [-0.05, 0) is 28.1 Å². The summed E-state index contributed by atoms with van der Waals surface area (Å²) >= 11 is 3.01. The van der Waals surface area contributed by atoms with Crippen molar-refractivity contribution in [2.24, 2.45) is 0 Å². The van der Waals surface area contributed by atoms with Gasteiger partial charge < -0.3 is 0 Å². The van der Waals surface area contributed by atoms with Crippen LogP contribution in [0.5, 0.6) is 0 Å². The molecule has 1 rings (SSSR count). The van der Waals surface area contributed by atoms with Crippen molar-refractivity contribution in [2.75, 3.05) is 18.8 Å². The maximum atomic E-state index is 13.2. The number of hydrogen-bond donors (Lipinski definition) is 1. The molecular formula is C8H9BrFN2O2S. The molecule has 0 unspecified atom stereocenters. The van der Waals surface area contributed by atoms with Crippen molar-refractivity contribution in [1.29, 1.82) is 0 Å². The molecule has 1 aromatic rings. The number of halogens is 2. The smallest absolute Gasteiger partial charge is 0.267 e. The van der Waals surface area contributed by atoms with E-state index in [0.717, 1.165) is 10.4 Å². The Bertz CT molecular complexity index is 441. The number of nitrogens with zero attached hydrogens (tertiary/aromatic N) is 1. The van der Waals surface area contributed by atoms with Gasteiger partial charge in [0, 0.05) is 14.1 Å². The van der Waals surface area contributed by atoms with Gasteiger partial charge in [0.25, 0.3) is 0 Å². The second-order valence-electron chi connectivity index (χ2n) is 2.90. The van der Waals surface area contributed by atoms with E-state index in [9.17, 15) is 12.8 Å². The first-order valence-corrected chi connectivity index (χ1v) is 6.14. The van der Waals surface area contributed by atoms with E-state index >= 15 is 0 Å². The molecule has 15 heavy (non-hydrogen) atoms. The third-order valence-corrected chi connectivity index (χ3v) is 3.66. The SMILES string of the molecule is CN(C)S(=O)(=O)Nc1c(Br)[c]ccc1F. The lowest BCUT2D eigenvalue weighted by molar-refractivity contribution is 0.526. The zero-order valence-corrected chi connectivity index (χ0v) is 10.5. The van der Waals surface area contributed by atoms with Crippen LogP contribution >= 0.6 is 15.9 Å². The molecule has 0 saturated carbocycles. The van der Waals surface area contributed by atoms with E-state index in [1.54, 1.807) is 0 Å². The lowest BCUT2D eigenvalue weighted by Gasteiger charge is -2.14. The van der Waals surface area contributed by atoms with Gasteiger partial charge in [0.05, 0.1) is 4.47 Å². The van der Waals surface area contributed by atoms with E-state index < -0.39 is 16.0 Å². The molecule has 0 atom stereocenters. The molecule has 0 saturated heterocycles. The number of hydrogen-bond acceptors (Lipinski definition) is 2. The van der Waals surface area contributed by atoms with Crippen molar-refractivity contribution in [2.45, 2.75) is 0 Å². The maximum Gasteiger partial charge on any atom is 0.301 e. The Balaban J connectivity index is 3.11. The van der Waals surface area contributed by atoms with Crippen LogP contribution in [0.15, 0.2) is 16.6 Å². The Morgan fingerprint density at radius 2 is 2.13 bits per heavy atom. The minimum absolute atomic E-state index is 0.147. The molecule has 0 bridgehead atoms. The average Bonchev–Trinajstić information content (AvgIpc) is 2.11. The fraction of sp³-hybridized carbons (Fsp3) is 0.250. The van der Waals surface area contributed by atoms with Crippen molar-refractivity contribution < 1.29 is 12.8 Å². The Hall–Kier alpha value is -0.660. The lowest BCUT2D eigenvalue weighted by atomic mass is 10.3. The topological polar surface area (TPSA) is 49.4 Å². The minimum Gasteiger partial charge on any atom is -0.267 e. The van der Waals surface area contributed by atoms with Gasteiger partial charge in [-0.3, -0.25) is 4.72 Å². The molecule has 0 aromatic heterocycles. The summed E-state index contributed by atoms with van der Waals surface area (Å²) in [5.41, 5.74) is -0.147. The van der Waals surface area contributed by atoms with E-state index in [1.165, 1.54) is 20.2 Å². The molecule has 1 N–H and O–H groups in total. The highest BCUT2D eigenvalue weighted by Crippen LogP contribution is 2.25. The zero-order valence-electron chi connectivity index (χ0n) is 8.08. The van der Waals surface area contributed by atoms with Crippen molar-refractivity contribution in [3.05, 3.63) is 28.5 Å². The van der Waals surface area contributed by atoms with Crippen LogP contribution in [0.2, 0.25) is 0 Å². The standard InChI is InChI=1S/C8H9BrFN2O2S/c1-12(2)15(13,14)11-8-6(9)4-3-5-7(8)10/h3,5,11H,1-2H3. The Kier molecular flexibility index (Phi) is 3.69. The third-order valence-electron chi connectivity index (χ3n) is 1.61. The first kappa shape index (κ1) is 12.4. The van der Waals surface area contributed by atoms with E-state index in [0.29, 0.717) is 0 Å². The molecule has 0 amide bonds.